The zero-order valence-corrected chi connectivity index (χ0v) is 12.4. The number of furan rings is 1. The summed E-state index contributed by atoms with van der Waals surface area (Å²) in [5, 5.41) is 3.46. The Labute approximate surface area is 114 Å². The van der Waals surface area contributed by atoms with Crippen LogP contribution in [0, 0.1) is 0 Å². The maximum Gasteiger partial charge on any atom is 0.169 e. The quantitative estimate of drug-likeness (QED) is 0.887. The van der Waals surface area contributed by atoms with Gasteiger partial charge in [-0.25, -0.2) is 0 Å². The van der Waals surface area contributed by atoms with Crippen LogP contribution in [0.3, 0.4) is 0 Å². The average molecular weight is 314 g/mol. The van der Waals surface area contributed by atoms with Gasteiger partial charge in [0.25, 0.3) is 0 Å². The second kappa shape index (κ2) is 5.85. The first-order valence-corrected chi connectivity index (χ1v) is 7.42. The van der Waals surface area contributed by atoms with Crippen LogP contribution in [-0.4, -0.2) is 6.54 Å². The molecule has 0 bridgehead atoms. The van der Waals surface area contributed by atoms with Gasteiger partial charge in [-0.05, 0) is 53.2 Å². The van der Waals surface area contributed by atoms with E-state index in [-0.39, 0.29) is 6.04 Å². The highest BCUT2D eigenvalue weighted by atomic mass is 79.9. The van der Waals surface area contributed by atoms with Crippen molar-refractivity contribution < 1.29 is 4.42 Å². The molecular formula is C13H16BrNOS. The lowest BCUT2D eigenvalue weighted by Gasteiger charge is -2.13. The second-order valence-corrected chi connectivity index (χ2v) is 5.77. The summed E-state index contributed by atoms with van der Waals surface area (Å²) in [6, 6.07) is 8.50. The average Bonchev–Trinajstić information content (AvgIpc) is 2.94. The number of halogens is 1. The number of rotatable bonds is 5. The van der Waals surface area contributed by atoms with Crippen LogP contribution in [0.15, 0.2) is 33.4 Å². The molecule has 0 aliphatic carbocycles. The zero-order valence-electron chi connectivity index (χ0n) is 10.00. The Hall–Kier alpha value is -0.580. The molecule has 0 saturated heterocycles. The standard InChI is InChI=1S/C13H16BrNOS/c1-3-9-5-7-11(17-9)13(15-4-2)10-6-8-12(14)16-10/h5-8,13,15H,3-4H2,1-2H3. The van der Waals surface area contributed by atoms with Gasteiger partial charge in [0.05, 0.1) is 0 Å². The molecule has 0 spiro atoms. The summed E-state index contributed by atoms with van der Waals surface area (Å²) in [7, 11) is 0. The van der Waals surface area contributed by atoms with Crippen molar-refractivity contribution in [3.8, 4) is 0 Å². The molecular weight excluding hydrogens is 298 g/mol. The van der Waals surface area contributed by atoms with Crippen LogP contribution in [0.1, 0.15) is 35.4 Å². The lowest BCUT2D eigenvalue weighted by atomic mass is 10.2. The highest BCUT2D eigenvalue weighted by molar-refractivity contribution is 9.10. The molecule has 2 rings (SSSR count). The summed E-state index contributed by atoms with van der Waals surface area (Å²) in [6.45, 7) is 5.21. The second-order valence-electron chi connectivity index (χ2n) is 3.79. The monoisotopic (exact) mass is 313 g/mol. The van der Waals surface area contributed by atoms with Crippen molar-refractivity contribution in [2.45, 2.75) is 26.3 Å². The summed E-state index contributed by atoms with van der Waals surface area (Å²) in [5.74, 6) is 0.961. The van der Waals surface area contributed by atoms with Gasteiger partial charge in [0.1, 0.15) is 11.8 Å². The minimum absolute atomic E-state index is 0.164. The molecule has 2 heterocycles. The summed E-state index contributed by atoms with van der Waals surface area (Å²) >= 11 is 5.20. The maximum atomic E-state index is 5.66. The van der Waals surface area contributed by atoms with Crippen molar-refractivity contribution in [1.82, 2.24) is 5.32 Å². The van der Waals surface area contributed by atoms with Crippen molar-refractivity contribution in [2.24, 2.45) is 0 Å². The highest BCUT2D eigenvalue weighted by Crippen LogP contribution is 2.30. The molecule has 2 aromatic heterocycles. The molecule has 2 nitrogen and oxygen atoms in total. The fourth-order valence-corrected chi connectivity index (χ4v) is 3.12. The topological polar surface area (TPSA) is 25.2 Å². The lowest BCUT2D eigenvalue weighted by Crippen LogP contribution is -2.20. The summed E-state index contributed by atoms with van der Waals surface area (Å²) < 4.78 is 6.44. The minimum Gasteiger partial charge on any atom is -0.452 e. The predicted molar refractivity (Wildman–Crippen MR) is 75.6 cm³/mol. The molecule has 92 valence electrons. The van der Waals surface area contributed by atoms with Crippen molar-refractivity contribution >= 4 is 27.3 Å². The Balaban J connectivity index is 2.28. The molecule has 1 atom stereocenters. The fourth-order valence-electron chi connectivity index (χ4n) is 1.77. The van der Waals surface area contributed by atoms with Crippen LogP contribution < -0.4 is 5.32 Å². The third kappa shape index (κ3) is 3.00. The van der Waals surface area contributed by atoms with E-state index in [4.69, 9.17) is 4.42 Å². The number of thiophene rings is 1. The normalized spacial score (nSPS) is 12.9. The van der Waals surface area contributed by atoms with Gasteiger partial charge in [-0.15, -0.1) is 11.3 Å². The van der Waals surface area contributed by atoms with Crippen LogP contribution >= 0.6 is 27.3 Å². The lowest BCUT2D eigenvalue weighted by molar-refractivity contribution is 0.440. The van der Waals surface area contributed by atoms with Crippen LogP contribution in [-0.2, 0) is 6.42 Å². The van der Waals surface area contributed by atoms with E-state index in [2.05, 4.69) is 47.2 Å². The summed E-state index contributed by atoms with van der Waals surface area (Å²) in [5.41, 5.74) is 0. The van der Waals surface area contributed by atoms with Gasteiger partial charge >= 0.3 is 0 Å². The predicted octanol–water partition coefficient (Wildman–Crippen LogP) is 4.36. The van der Waals surface area contributed by atoms with Gasteiger partial charge in [0.15, 0.2) is 4.67 Å². The van der Waals surface area contributed by atoms with Gasteiger partial charge in [0, 0.05) is 9.75 Å². The Kier molecular flexibility index (Phi) is 4.42. The van der Waals surface area contributed by atoms with E-state index in [1.165, 1.54) is 9.75 Å². The van der Waals surface area contributed by atoms with Crippen LogP contribution in [0.5, 0.6) is 0 Å². The van der Waals surface area contributed by atoms with Crippen LogP contribution in [0.4, 0.5) is 0 Å². The van der Waals surface area contributed by atoms with Gasteiger partial charge in [-0.3, -0.25) is 0 Å². The Morgan fingerprint density at radius 2 is 2.12 bits per heavy atom. The molecule has 0 radical (unpaired) electrons. The molecule has 0 aliphatic rings. The smallest absolute Gasteiger partial charge is 0.169 e. The third-order valence-electron chi connectivity index (χ3n) is 2.60. The molecule has 0 saturated carbocycles. The van der Waals surface area contributed by atoms with Crippen molar-refractivity contribution in [3.05, 3.63) is 44.4 Å². The highest BCUT2D eigenvalue weighted by Gasteiger charge is 2.18. The molecule has 0 aromatic carbocycles. The summed E-state index contributed by atoms with van der Waals surface area (Å²) in [4.78, 5) is 2.72. The number of nitrogens with one attached hydrogen (secondary N) is 1. The number of aryl methyl sites for hydroxylation is 1. The molecule has 17 heavy (non-hydrogen) atoms. The SMILES string of the molecule is CCNC(c1ccc(Br)o1)c1ccc(CC)s1. The first-order chi connectivity index (χ1) is 8.24. The van der Waals surface area contributed by atoms with E-state index >= 15 is 0 Å². The van der Waals surface area contributed by atoms with E-state index < -0.39 is 0 Å². The largest absolute Gasteiger partial charge is 0.452 e. The zero-order chi connectivity index (χ0) is 12.3. The fraction of sp³-hybridized carbons (Fsp3) is 0.385. The molecule has 0 fully saturated rings. The van der Waals surface area contributed by atoms with Crippen molar-refractivity contribution in [1.29, 1.82) is 0 Å². The van der Waals surface area contributed by atoms with Crippen LogP contribution in [0.25, 0.3) is 0 Å². The number of hydrogen-bond acceptors (Lipinski definition) is 3. The Bertz CT molecular complexity index is 477. The Morgan fingerprint density at radius 3 is 2.65 bits per heavy atom. The minimum atomic E-state index is 0.164. The van der Waals surface area contributed by atoms with E-state index in [0.717, 1.165) is 23.4 Å². The molecule has 0 aliphatic heterocycles. The van der Waals surface area contributed by atoms with Crippen LogP contribution in [0.2, 0.25) is 0 Å². The van der Waals surface area contributed by atoms with E-state index in [9.17, 15) is 0 Å². The van der Waals surface area contributed by atoms with Gasteiger partial charge in [-0.1, -0.05) is 13.8 Å². The molecule has 2 aromatic rings. The molecule has 0 amide bonds. The van der Waals surface area contributed by atoms with Gasteiger partial charge < -0.3 is 9.73 Å². The molecule has 1 N–H and O–H groups in total. The molecule has 4 heteroatoms. The van der Waals surface area contributed by atoms with Crippen molar-refractivity contribution in [3.63, 3.8) is 0 Å². The molecule has 1 unspecified atom stereocenters. The third-order valence-corrected chi connectivity index (χ3v) is 4.32. The van der Waals surface area contributed by atoms with E-state index in [1.807, 2.05) is 23.5 Å². The van der Waals surface area contributed by atoms with Gasteiger partial charge in [0.2, 0.25) is 0 Å². The van der Waals surface area contributed by atoms with E-state index in [0.29, 0.717) is 0 Å². The first kappa shape index (κ1) is 12.9. The number of hydrogen-bond donors (Lipinski definition) is 1. The van der Waals surface area contributed by atoms with Crippen molar-refractivity contribution in [2.75, 3.05) is 6.54 Å². The Morgan fingerprint density at radius 1 is 1.29 bits per heavy atom. The maximum absolute atomic E-state index is 5.66. The summed E-state index contributed by atoms with van der Waals surface area (Å²) in [6.07, 6.45) is 1.09. The van der Waals surface area contributed by atoms with Gasteiger partial charge in [-0.2, -0.15) is 0 Å². The van der Waals surface area contributed by atoms with E-state index in [1.54, 1.807) is 0 Å². The first-order valence-electron chi connectivity index (χ1n) is 5.81.